The highest BCUT2D eigenvalue weighted by Gasteiger charge is 2.22. The van der Waals surface area contributed by atoms with E-state index < -0.39 is 5.91 Å². The molecule has 0 saturated carbocycles. The van der Waals surface area contributed by atoms with E-state index in [1.165, 1.54) is 6.20 Å². The van der Waals surface area contributed by atoms with E-state index in [-0.39, 0.29) is 6.10 Å². The molecule has 20 heavy (non-hydrogen) atoms. The molecule has 0 bridgehead atoms. The molecule has 0 unspecified atom stereocenters. The number of aromatic nitrogens is 1. The predicted octanol–water partition coefficient (Wildman–Crippen LogP) is 0.812. The largest absolute Gasteiger partial charge is 0.382 e. The van der Waals surface area contributed by atoms with E-state index in [4.69, 9.17) is 15.2 Å². The number of primary amides is 1. The van der Waals surface area contributed by atoms with Gasteiger partial charge in [-0.15, -0.1) is 0 Å². The molecule has 1 aliphatic rings. The van der Waals surface area contributed by atoms with E-state index in [0.717, 1.165) is 31.6 Å². The number of hydrogen-bond donors (Lipinski definition) is 1. The Bertz CT molecular complexity index is 445. The fraction of sp³-hybridized carbons (Fsp3) is 0.571. The number of pyridine rings is 1. The smallest absolute Gasteiger partial charge is 0.252 e. The first-order valence-electron chi connectivity index (χ1n) is 6.81. The predicted molar refractivity (Wildman–Crippen MR) is 75.8 cm³/mol. The third-order valence-corrected chi connectivity index (χ3v) is 3.49. The minimum atomic E-state index is -0.438. The van der Waals surface area contributed by atoms with Gasteiger partial charge < -0.3 is 20.1 Å². The molecule has 0 aliphatic carbocycles. The number of carbonyl (C=O) groups is 1. The van der Waals surface area contributed by atoms with Crippen LogP contribution < -0.4 is 10.6 Å². The Morgan fingerprint density at radius 2 is 2.20 bits per heavy atom. The summed E-state index contributed by atoms with van der Waals surface area (Å²) >= 11 is 0. The van der Waals surface area contributed by atoms with Crippen molar-refractivity contribution in [1.29, 1.82) is 0 Å². The third-order valence-electron chi connectivity index (χ3n) is 3.49. The molecule has 2 rings (SSSR count). The van der Waals surface area contributed by atoms with E-state index in [2.05, 4.69) is 9.88 Å². The van der Waals surface area contributed by atoms with Crippen molar-refractivity contribution >= 4 is 11.6 Å². The second-order valence-corrected chi connectivity index (χ2v) is 4.81. The standard InChI is InChI=1S/C14H21N3O3/c1-19-8-9-20-11-3-6-17(7-4-11)13-2-5-16-10-12(13)14(15)18/h2,5,10-11H,3-4,6-9H2,1H3,(H2,15,18). The van der Waals surface area contributed by atoms with Gasteiger partial charge in [0.2, 0.25) is 0 Å². The van der Waals surface area contributed by atoms with Crippen molar-refractivity contribution in [3.05, 3.63) is 24.0 Å². The quantitative estimate of drug-likeness (QED) is 0.780. The summed E-state index contributed by atoms with van der Waals surface area (Å²) in [5.41, 5.74) is 6.73. The zero-order valence-corrected chi connectivity index (χ0v) is 11.7. The summed E-state index contributed by atoms with van der Waals surface area (Å²) in [5.74, 6) is -0.438. The number of ether oxygens (including phenoxy) is 2. The van der Waals surface area contributed by atoms with Gasteiger partial charge in [-0.1, -0.05) is 0 Å². The van der Waals surface area contributed by atoms with Crippen LogP contribution in [0.25, 0.3) is 0 Å². The monoisotopic (exact) mass is 279 g/mol. The Hall–Kier alpha value is -1.66. The highest BCUT2D eigenvalue weighted by Crippen LogP contribution is 2.24. The summed E-state index contributed by atoms with van der Waals surface area (Å²) in [6.45, 7) is 2.95. The number of carbonyl (C=O) groups excluding carboxylic acids is 1. The lowest BCUT2D eigenvalue weighted by Gasteiger charge is -2.34. The molecule has 0 spiro atoms. The van der Waals surface area contributed by atoms with Crippen molar-refractivity contribution in [3.8, 4) is 0 Å². The lowest BCUT2D eigenvalue weighted by Crippen LogP contribution is -2.38. The van der Waals surface area contributed by atoms with Crippen molar-refractivity contribution in [3.63, 3.8) is 0 Å². The molecule has 1 saturated heterocycles. The van der Waals surface area contributed by atoms with Crippen molar-refractivity contribution in [2.75, 3.05) is 38.3 Å². The fourth-order valence-corrected chi connectivity index (χ4v) is 2.41. The summed E-state index contributed by atoms with van der Waals surface area (Å²) in [7, 11) is 1.67. The molecule has 1 fully saturated rings. The van der Waals surface area contributed by atoms with Crippen LogP contribution in [0.2, 0.25) is 0 Å². The van der Waals surface area contributed by atoms with E-state index in [1.54, 1.807) is 13.3 Å². The van der Waals surface area contributed by atoms with Gasteiger partial charge in [0, 0.05) is 32.6 Å². The molecule has 1 aliphatic heterocycles. The molecule has 0 aromatic carbocycles. The van der Waals surface area contributed by atoms with Crippen LogP contribution in [-0.4, -0.2) is 50.4 Å². The molecule has 1 aromatic rings. The summed E-state index contributed by atoms with van der Waals surface area (Å²) in [4.78, 5) is 17.5. The summed E-state index contributed by atoms with van der Waals surface area (Å²) in [6, 6.07) is 1.84. The van der Waals surface area contributed by atoms with Crippen LogP contribution in [-0.2, 0) is 9.47 Å². The highest BCUT2D eigenvalue weighted by molar-refractivity contribution is 5.98. The first-order valence-corrected chi connectivity index (χ1v) is 6.81. The van der Waals surface area contributed by atoms with Crippen LogP contribution in [0, 0.1) is 0 Å². The van der Waals surface area contributed by atoms with Gasteiger partial charge in [-0.2, -0.15) is 0 Å². The molecule has 110 valence electrons. The van der Waals surface area contributed by atoms with Crippen LogP contribution in [0.1, 0.15) is 23.2 Å². The number of hydrogen-bond acceptors (Lipinski definition) is 5. The molecule has 6 heteroatoms. The Balaban J connectivity index is 1.92. The van der Waals surface area contributed by atoms with Crippen LogP contribution in [0.5, 0.6) is 0 Å². The van der Waals surface area contributed by atoms with Gasteiger partial charge in [-0.05, 0) is 18.9 Å². The van der Waals surface area contributed by atoms with Crippen LogP contribution in [0.3, 0.4) is 0 Å². The Labute approximate surface area is 118 Å². The molecule has 2 heterocycles. The van der Waals surface area contributed by atoms with Gasteiger partial charge in [-0.25, -0.2) is 0 Å². The van der Waals surface area contributed by atoms with E-state index in [9.17, 15) is 4.79 Å². The second-order valence-electron chi connectivity index (χ2n) is 4.81. The number of anilines is 1. The highest BCUT2D eigenvalue weighted by atomic mass is 16.5. The van der Waals surface area contributed by atoms with Gasteiger partial charge in [0.1, 0.15) is 0 Å². The Morgan fingerprint density at radius 3 is 2.85 bits per heavy atom. The van der Waals surface area contributed by atoms with Gasteiger partial charge in [0.05, 0.1) is 30.6 Å². The minimum Gasteiger partial charge on any atom is -0.382 e. The minimum absolute atomic E-state index is 0.264. The SMILES string of the molecule is COCCOC1CCN(c2ccncc2C(N)=O)CC1. The molecule has 2 N–H and O–H groups in total. The maximum Gasteiger partial charge on any atom is 0.252 e. The maximum atomic E-state index is 11.4. The lowest BCUT2D eigenvalue weighted by molar-refractivity contribution is 0.00610. The summed E-state index contributed by atoms with van der Waals surface area (Å²) in [6.07, 6.45) is 5.34. The van der Waals surface area contributed by atoms with Crippen LogP contribution >= 0.6 is 0 Å². The molecule has 0 radical (unpaired) electrons. The topological polar surface area (TPSA) is 77.7 Å². The van der Waals surface area contributed by atoms with Crippen molar-refractivity contribution in [2.24, 2.45) is 5.73 Å². The van der Waals surface area contributed by atoms with Crippen molar-refractivity contribution < 1.29 is 14.3 Å². The molecular formula is C14H21N3O3. The molecule has 1 aromatic heterocycles. The normalized spacial score (nSPS) is 16.4. The van der Waals surface area contributed by atoms with Crippen molar-refractivity contribution in [2.45, 2.75) is 18.9 Å². The number of nitrogens with two attached hydrogens (primary N) is 1. The van der Waals surface area contributed by atoms with Gasteiger partial charge in [0.15, 0.2) is 0 Å². The van der Waals surface area contributed by atoms with Crippen LogP contribution in [0.15, 0.2) is 18.5 Å². The van der Waals surface area contributed by atoms with E-state index >= 15 is 0 Å². The molecule has 6 nitrogen and oxygen atoms in total. The number of methoxy groups -OCH3 is 1. The fourth-order valence-electron chi connectivity index (χ4n) is 2.41. The zero-order valence-electron chi connectivity index (χ0n) is 11.7. The Morgan fingerprint density at radius 1 is 1.45 bits per heavy atom. The van der Waals surface area contributed by atoms with Gasteiger partial charge >= 0.3 is 0 Å². The first kappa shape index (κ1) is 14.7. The third kappa shape index (κ3) is 3.68. The van der Waals surface area contributed by atoms with E-state index in [0.29, 0.717) is 18.8 Å². The summed E-state index contributed by atoms with van der Waals surface area (Å²) in [5, 5.41) is 0. The second kappa shape index (κ2) is 7.21. The van der Waals surface area contributed by atoms with Gasteiger partial charge in [-0.3, -0.25) is 9.78 Å². The Kier molecular flexibility index (Phi) is 5.31. The van der Waals surface area contributed by atoms with Crippen molar-refractivity contribution in [1.82, 2.24) is 4.98 Å². The summed E-state index contributed by atoms with van der Waals surface area (Å²) < 4.78 is 10.7. The average molecular weight is 279 g/mol. The number of piperidine rings is 1. The average Bonchev–Trinajstić information content (AvgIpc) is 2.48. The molecule has 0 atom stereocenters. The number of nitrogens with zero attached hydrogens (tertiary/aromatic N) is 2. The zero-order chi connectivity index (χ0) is 14.4. The van der Waals surface area contributed by atoms with E-state index in [1.807, 2.05) is 6.07 Å². The maximum absolute atomic E-state index is 11.4. The van der Waals surface area contributed by atoms with Crippen LogP contribution in [0.4, 0.5) is 5.69 Å². The molecule has 1 amide bonds. The number of amides is 1. The van der Waals surface area contributed by atoms with Gasteiger partial charge in [0.25, 0.3) is 5.91 Å². The first-order chi connectivity index (χ1) is 9.72. The molecular weight excluding hydrogens is 258 g/mol. The lowest BCUT2D eigenvalue weighted by atomic mass is 10.1. The number of rotatable bonds is 6.